The van der Waals surface area contributed by atoms with Crippen LogP contribution in [0.15, 0.2) is 72.8 Å². The van der Waals surface area contributed by atoms with E-state index in [-0.39, 0.29) is 221 Å². The van der Waals surface area contributed by atoms with E-state index in [0.29, 0.717) is 17.5 Å². The van der Waals surface area contributed by atoms with E-state index >= 15 is 19.2 Å². The fourth-order valence-electron chi connectivity index (χ4n) is 14.5. The average Bonchev–Trinajstić information content (AvgIpc) is 0.835. The number of phenolic OH excluding ortho intramolecular Hbond substituents is 3. The Bertz CT molecular complexity index is 4760. The Balaban J connectivity index is 2.35. The van der Waals surface area contributed by atoms with Gasteiger partial charge in [0.05, 0.1) is 42.5 Å². The average molecular weight is 2080 g/mol. The van der Waals surface area contributed by atoms with Crippen LogP contribution in [-0.4, -0.2) is 327 Å². The van der Waals surface area contributed by atoms with Crippen molar-refractivity contribution in [3.05, 3.63) is 89.5 Å². The number of amides is 15. The molecule has 3 rings (SSSR count). The normalized spacial score (nSPS) is 14.7. The van der Waals surface area contributed by atoms with Gasteiger partial charge in [0.1, 0.15) is 90.3 Å². The van der Waals surface area contributed by atoms with Gasteiger partial charge in [-0.25, -0.2) is 0 Å². The highest BCUT2D eigenvalue weighted by atomic mass is 16.4. The number of aliphatic hydroxyl groups excluding tert-OH is 4. The second kappa shape index (κ2) is 68.6. The summed E-state index contributed by atoms with van der Waals surface area (Å²) in [6.45, 7) is 3.74. The maximum absolute atomic E-state index is 15.8. The number of carboxylic acids is 1. The molecule has 3 aromatic carbocycles. The first-order valence-corrected chi connectivity index (χ1v) is 48.5. The molecule has 18 atom stereocenters. The molecule has 0 aromatic heterocycles. The number of carboxylic acid groups (broad SMARTS) is 1. The first-order valence-electron chi connectivity index (χ1n) is 48.5. The summed E-state index contributed by atoms with van der Waals surface area (Å²) in [5.41, 5.74) is 46.8. The van der Waals surface area contributed by atoms with E-state index in [1.54, 1.807) is 0 Å². The molecule has 47 N–H and O–H groups in total. The molecule has 0 bridgehead atoms. The van der Waals surface area contributed by atoms with Gasteiger partial charge in [0, 0.05) is 71.5 Å². The predicted molar refractivity (Wildman–Crippen MR) is 538 cm³/mol. The number of guanidine groups is 4. The van der Waals surface area contributed by atoms with E-state index in [1.807, 2.05) is 0 Å². The zero-order valence-corrected chi connectivity index (χ0v) is 83.2. The number of phenols is 3. The summed E-state index contributed by atoms with van der Waals surface area (Å²) in [5, 5.41) is 162. The lowest BCUT2D eigenvalue weighted by Crippen LogP contribution is -2.61. The molecule has 55 nitrogen and oxygen atoms in total. The van der Waals surface area contributed by atoms with Gasteiger partial charge >= 0.3 is 5.97 Å². The summed E-state index contributed by atoms with van der Waals surface area (Å²) in [5.74, 6) is -18.1. The van der Waals surface area contributed by atoms with Crippen LogP contribution in [0.4, 0.5) is 0 Å². The van der Waals surface area contributed by atoms with Crippen LogP contribution in [-0.2, 0) is 96.0 Å². The molecule has 0 aliphatic rings. The molecule has 0 aliphatic heterocycles. The third kappa shape index (κ3) is 52.1. The van der Waals surface area contributed by atoms with Crippen molar-refractivity contribution in [2.75, 3.05) is 58.9 Å². The van der Waals surface area contributed by atoms with Crippen LogP contribution < -0.4 is 147 Å². The second-order valence-corrected chi connectivity index (χ2v) is 35.5. The molecule has 0 saturated heterocycles. The van der Waals surface area contributed by atoms with Gasteiger partial charge in [-0.15, -0.1) is 0 Å². The molecule has 3 aromatic rings. The van der Waals surface area contributed by atoms with Gasteiger partial charge in [-0.2, -0.15) is 0 Å². The smallest absolute Gasteiger partial charge is 0.322 e. The number of hydrogen-bond acceptors (Lipinski definition) is 31. The van der Waals surface area contributed by atoms with Crippen LogP contribution in [0, 0.1) is 21.6 Å². The second-order valence-electron chi connectivity index (χ2n) is 35.5. The van der Waals surface area contributed by atoms with Gasteiger partial charge in [0.15, 0.2) is 23.8 Å². The van der Waals surface area contributed by atoms with Crippen molar-refractivity contribution >= 4 is 118 Å². The number of aliphatic hydroxyl groups is 4. The van der Waals surface area contributed by atoms with Gasteiger partial charge in [0.2, 0.25) is 88.6 Å². The lowest BCUT2D eigenvalue weighted by Gasteiger charge is -2.28. The van der Waals surface area contributed by atoms with Gasteiger partial charge in [-0.3, -0.25) is 98.3 Å². The zero-order chi connectivity index (χ0) is 110. The summed E-state index contributed by atoms with van der Waals surface area (Å²) in [7, 11) is 0. The third-order valence-corrected chi connectivity index (χ3v) is 22.8. The van der Waals surface area contributed by atoms with Crippen molar-refractivity contribution in [3.63, 3.8) is 0 Å². The first-order chi connectivity index (χ1) is 69.5. The van der Waals surface area contributed by atoms with Gasteiger partial charge in [-0.05, 0) is 209 Å². The van der Waals surface area contributed by atoms with Gasteiger partial charge in [-0.1, -0.05) is 36.4 Å². The highest BCUT2D eigenvalue weighted by molar-refractivity contribution is 5.99. The first kappa shape index (κ1) is 126. The van der Waals surface area contributed by atoms with Crippen molar-refractivity contribution in [1.82, 2.24) is 101 Å². The van der Waals surface area contributed by atoms with Crippen LogP contribution in [0.3, 0.4) is 0 Å². The molecule has 55 heteroatoms. The molecule has 820 valence electrons. The van der Waals surface area contributed by atoms with Gasteiger partial charge in [0.25, 0.3) is 0 Å². The van der Waals surface area contributed by atoms with Crippen molar-refractivity contribution < 1.29 is 118 Å². The topological polar surface area (TPSA) is 967 Å². The third-order valence-electron chi connectivity index (χ3n) is 22.8. The lowest BCUT2D eigenvalue weighted by atomic mass is 10.0. The minimum absolute atomic E-state index is 0.0235. The number of aliphatic carboxylic acids is 1. The number of rotatable bonds is 72. The maximum atomic E-state index is 15.8. The zero-order valence-electron chi connectivity index (χ0n) is 83.2. The van der Waals surface area contributed by atoms with Crippen molar-refractivity contribution in [2.24, 2.45) is 45.9 Å². The number of nitrogens with one attached hydrogen (secondary N) is 23. The Morgan fingerprint density at radius 2 is 0.510 bits per heavy atom. The summed E-state index contributed by atoms with van der Waals surface area (Å²) in [6, 6.07) is -5.85. The molecule has 0 saturated carbocycles. The molecule has 0 fully saturated rings. The molecule has 4 unspecified atom stereocenters. The highest BCUT2D eigenvalue weighted by Gasteiger charge is 2.39. The van der Waals surface area contributed by atoms with Crippen molar-refractivity contribution in [3.8, 4) is 17.2 Å². The summed E-state index contributed by atoms with van der Waals surface area (Å²) in [4.78, 5) is 227. The van der Waals surface area contributed by atoms with Crippen molar-refractivity contribution in [1.29, 1.82) is 21.6 Å². The van der Waals surface area contributed by atoms with Crippen LogP contribution >= 0.6 is 0 Å². The van der Waals surface area contributed by atoms with E-state index in [4.69, 9.17) is 67.5 Å². The van der Waals surface area contributed by atoms with E-state index in [0.717, 1.165) is 6.92 Å². The Morgan fingerprint density at radius 3 is 0.796 bits per heavy atom. The monoisotopic (exact) mass is 2080 g/mol. The van der Waals surface area contributed by atoms with E-state index in [1.165, 1.54) is 93.6 Å². The summed E-state index contributed by atoms with van der Waals surface area (Å²) < 4.78 is 0. The standard InChI is InChI=1S/C92H153N31O24/c1-49(124)71(121-75(134)59(94)17-13-41-108-89(97)98)85(144)107-40-12-8-22-64(82(141)114-63(81(140)113-62(20-5-9-37-93)78(137)112-48-70(132)133)21-6-10-38-105-79(138)66(45-53-25-31-56(128)32-26-53)117-86(145)72(50(2)125)120-69(131)24-16-44-111-92(103)104)115-83(142)65(116-84(143)68(47-55-29-35-58(130)36-30-55)119-88(147)74(52(4)127)123-77(136)61(96)19-15-43-110-91(101)102)23-7-11-39-106-80(139)67(46-54-27-33-57(129)34-28-54)118-87(146)73(51(3)126)122-76(135)60(95)18-14-42-109-90(99)100/h25-36,49-52,59-68,71-74,124-130H,5-24,37-48,93-96H2,1-4H3,(H,105,138)(H,106,139)(H,107,144)(H,112,137)(H,113,140)(H,114,141)(H,115,142)(H,116,143)(H,117,145)(H,118,146)(H,119,147)(H,120,131)(H,121,134)(H,122,135)(H,123,136)(H,132,133)(H4,97,98,108)(H4,99,100,109)(H4,101,102,110)(H4,103,104,111)/t49?,50?,51?,52?,59-,60-,61+,62+,63-,64+,65-,66+,67-,68+,71-,72-,73+,74-/m0/s1. The van der Waals surface area contributed by atoms with Crippen LogP contribution in [0.25, 0.3) is 0 Å². The number of nitrogens with two attached hydrogens (primary N) is 8. The van der Waals surface area contributed by atoms with Crippen LogP contribution in [0.5, 0.6) is 17.2 Å². The largest absolute Gasteiger partial charge is 0.508 e. The molecule has 0 aliphatic carbocycles. The molecule has 147 heavy (non-hydrogen) atoms. The number of carbonyl (C=O) groups excluding carboxylic acids is 15. The highest BCUT2D eigenvalue weighted by Crippen LogP contribution is 2.19. The van der Waals surface area contributed by atoms with E-state index in [2.05, 4.69) is 101 Å². The molecule has 0 heterocycles. The minimum Gasteiger partial charge on any atom is -0.508 e. The van der Waals surface area contributed by atoms with Gasteiger partial charge < -0.3 is 188 Å². The number of unbranched alkanes of at least 4 members (excludes halogenated alkanes) is 4. The Morgan fingerprint density at radius 1 is 0.272 bits per heavy atom. The minimum atomic E-state index is -1.85. The maximum Gasteiger partial charge on any atom is 0.322 e. The van der Waals surface area contributed by atoms with Crippen LogP contribution in [0.2, 0.25) is 0 Å². The van der Waals surface area contributed by atoms with E-state index in [9.17, 15) is 98.4 Å². The quantitative estimate of drug-likeness (QED) is 0.0142. The Labute approximate surface area is 850 Å². The summed E-state index contributed by atoms with van der Waals surface area (Å²) >= 11 is 0. The predicted octanol–water partition coefficient (Wildman–Crippen LogP) is -10.1. The molecule has 0 spiro atoms. The van der Waals surface area contributed by atoms with Crippen molar-refractivity contribution in [2.45, 2.75) is 284 Å². The molecular formula is C92H153N31O24. The number of hydrogen-bond donors (Lipinski definition) is 39. The lowest BCUT2D eigenvalue weighted by molar-refractivity contribution is -0.138. The Kier molecular flexibility index (Phi) is 59.0. The van der Waals surface area contributed by atoms with Crippen LogP contribution in [0.1, 0.15) is 173 Å². The fourth-order valence-corrected chi connectivity index (χ4v) is 14.5. The van der Waals surface area contributed by atoms with E-state index < -0.39 is 229 Å². The number of aromatic hydroxyl groups is 3. The Hall–Kier alpha value is -14.7. The number of benzene rings is 3. The molecular weight excluding hydrogens is 1920 g/mol. The SMILES string of the molecule is CC(O)[C@H](NC(=O)CCCNC(=N)N)C(=O)N[C@H](Cc1ccc(O)cc1)C(=O)NCCCC[C@H](NC(=O)[C@@H](CCCCNC(=O)[C@@H](NC(=O)[C@@H](N)CCCNC(=N)N)C(C)O)NC(=O)[C@H](CCCCNC(=O)[C@H](Cc1ccc(O)cc1)NC(=O)[C@H](NC(=O)[C@@H](N)CCCNC(=N)N)C(C)O)NC(=O)[C@@H](Cc1ccc(O)cc1)NC(=O)[C@@H](NC(=O)[C@H](N)CCCNC(=N)N)C(C)O)C(=O)N[C@H](CCCCN)C(=O)NCC(=O)O. The molecule has 0 radical (unpaired) electrons. The fraction of sp³-hybridized carbons (Fsp3) is 0.587. The number of carbonyl (C=O) groups is 16. The summed E-state index contributed by atoms with van der Waals surface area (Å²) in [6.07, 6.45) is -8.18. The molecule has 15 amide bonds.